The van der Waals surface area contributed by atoms with Gasteiger partial charge in [-0.3, -0.25) is 9.78 Å². The number of hydrogen-bond acceptors (Lipinski definition) is 4. The van der Waals surface area contributed by atoms with Crippen molar-refractivity contribution in [3.05, 3.63) is 66.7 Å². The Labute approximate surface area is 175 Å². The number of ether oxygens (including phenoxy) is 1. The van der Waals surface area contributed by atoms with Crippen molar-refractivity contribution in [3.8, 4) is 28.0 Å². The maximum atomic E-state index is 12.7. The summed E-state index contributed by atoms with van der Waals surface area (Å²) in [4.78, 5) is 26.6. The first kappa shape index (κ1) is 19.6. The Morgan fingerprint density at radius 2 is 1.80 bits per heavy atom. The summed E-state index contributed by atoms with van der Waals surface area (Å²) in [5.41, 5.74) is 5.14. The molecule has 1 aromatic carbocycles. The number of nitrogens with zero attached hydrogens (tertiary/aromatic N) is 3. The fourth-order valence-corrected chi connectivity index (χ4v) is 3.66. The molecule has 1 amide bonds. The Bertz CT molecular complexity index is 1190. The predicted octanol–water partition coefficient (Wildman–Crippen LogP) is 4.78. The summed E-state index contributed by atoms with van der Waals surface area (Å²) in [7, 11) is 1.67. The lowest BCUT2D eigenvalue weighted by Crippen LogP contribution is -2.30. The van der Waals surface area contributed by atoms with Crippen molar-refractivity contribution in [2.45, 2.75) is 13.8 Å². The molecule has 6 nitrogen and oxygen atoms in total. The minimum absolute atomic E-state index is 0.0141. The lowest BCUT2D eigenvalue weighted by atomic mass is 10.0. The molecule has 3 heterocycles. The van der Waals surface area contributed by atoms with Crippen LogP contribution >= 0.6 is 0 Å². The summed E-state index contributed by atoms with van der Waals surface area (Å²) in [6.45, 7) is 5.28. The number of carbonyl (C=O) groups excluding carboxylic acids is 1. The van der Waals surface area contributed by atoms with Crippen LogP contribution in [0.4, 0.5) is 0 Å². The van der Waals surface area contributed by atoms with Crippen molar-refractivity contribution in [1.29, 1.82) is 0 Å². The molecule has 0 aliphatic rings. The van der Waals surface area contributed by atoms with Crippen LogP contribution in [0.1, 0.15) is 24.2 Å². The minimum atomic E-state index is -0.0141. The molecule has 0 radical (unpaired) electrons. The van der Waals surface area contributed by atoms with E-state index in [2.05, 4.69) is 21.0 Å². The van der Waals surface area contributed by atoms with E-state index in [-0.39, 0.29) is 5.91 Å². The van der Waals surface area contributed by atoms with Crippen LogP contribution in [0.15, 0.2) is 61.2 Å². The first-order valence-electron chi connectivity index (χ1n) is 10.0. The number of nitrogens with one attached hydrogen (secondary N) is 1. The number of fused-ring (bicyclic) bond motifs is 1. The highest BCUT2D eigenvalue weighted by Crippen LogP contribution is 2.35. The molecule has 4 rings (SSSR count). The van der Waals surface area contributed by atoms with E-state index >= 15 is 0 Å². The van der Waals surface area contributed by atoms with Gasteiger partial charge in [0.05, 0.1) is 12.7 Å². The average molecular weight is 400 g/mol. The summed E-state index contributed by atoms with van der Waals surface area (Å²) < 4.78 is 5.53. The number of carbonyl (C=O) groups is 1. The Balaban J connectivity index is 1.78. The number of pyridine rings is 2. The molecule has 0 fully saturated rings. The van der Waals surface area contributed by atoms with Gasteiger partial charge in [0.25, 0.3) is 5.91 Å². The summed E-state index contributed by atoms with van der Waals surface area (Å²) in [5, 5.41) is 0.984. The van der Waals surface area contributed by atoms with Crippen LogP contribution < -0.4 is 4.74 Å². The molecule has 0 bridgehead atoms. The highest BCUT2D eigenvalue weighted by atomic mass is 16.5. The van der Waals surface area contributed by atoms with Gasteiger partial charge in [0.1, 0.15) is 11.4 Å². The molecule has 0 aliphatic carbocycles. The van der Waals surface area contributed by atoms with Gasteiger partial charge in [-0.15, -0.1) is 0 Å². The number of amides is 1. The SMILES string of the molecule is CCN(CC)C(=O)c1cncc(-c2cnc3[nH]cc(-c4ccccc4OC)c3c2)c1. The molecule has 3 aromatic heterocycles. The zero-order valence-corrected chi connectivity index (χ0v) is 17.3. The van der Waals surface area contributed by atoms with Crippen molar-refractivity contribution in [1.82, 2.24) is 19.9 Å². The van der Waals surface area contributed by atoms with Crippen LogP contribution in [0.3, 0.4) is 0 Å². The summed E-state index contributed by atoms with van der Waals surface area (Å²) in [5.74, 6) is 0.789. The summed E-state index contributed by atoms with van der Waals surface area (Å²) >= 11 is 0. The van der Waals surface area contributed by atoms with Gasteiger partial charge in [-0.05, 0) is 32.0 Å². The third kappa shape index (κ3) is 3.52. The van der Waals surface area contributed by atoms with E-state index < -0.39 is 0 Å². The van der Waals surface area contributed by atoms with Gasteiger partial charge in [0, 0.05) is 65.5 Å². The molecule has 0 saturated heterocycles. The van der Waals surface area contributed by atoms with Gasteiger partial charge in [-0.25, -0.2) is 4.98 Å². The maximum absolute atomic E-state index is 12.7. The van der Waals surface area contributed by atoms with Gasteiger partial charge in [-0.2, -0.15) is 0 Å². The van der Waals surface area contributed by atoms with Gasteiger partial charge >= 0.3 is 0 Å². The molecule has 6 heteroatoms. The lowest BCUT2D eigenvalue weighted by Gasteiger charge is -2.18. The quantitative estimate of drug-likeness (QED) is 0.505. The van der Waals surface area contributed by atoms with Crippen LogP contribution in [0.2, 0.25) is 0 Å². The number of aromatic nitrogens is 3. The first-order chi connectivity index (χ1) is 14.7. The lowest BCUT2D eigenvalue weighted by molar-refractivity contribution is 0.0772. The third-order valence-electron chi connectivity index (χ3n) is 5.30. The van der Waals surface area contributed by atoms with Crippen molar-refractivity contribution < 1.29 is 9.53 Å². The molecule has 0 saturated carbocycles. The zero-order chi connectivity index (χ0) is 21.1. The molecule has 0 atom stereocenters. The Morgan fingerprint density at radius 1 is 1.03 bits per heavy atom. The van der Waals surface area contributed by atoms with Crippen molar-refractivity contribution >= 4 is 16.9 Å². The van der Waals surface area contributed by atoms with Crippen molar-refractivity contribution in [2.24, 2.45) is 0 Å². The van der Waals surface area contributed by atoms with Crippen LogP contribution in [-0.4, -0.2) is 46.0 Å². The van der Waals surface area contributed by atoms with E-state index in [1.54, 1.807) is 30.6 Å². The monoisotopic (exact) mass is 400 g/mol. The Hall–Kier alpha value is -3.67. The first-order valence-corrected chi connectivity index (χ1v) is 10.0. The average Bonchev–Trinajstić information content (AvgIpc) is 3.23. The highest BCUT2D eigenvalue weighted by Gasteiger charge is 2.15. The van der Waals surface area contributed by atoms with Gasteiger partial charge in [0.15, 0.2) is 0 Å². The maximum Gasteiger partial charge on any atom is 0.255 e. The molecular weight excluding hydrogens is 376 g/mol. The molecule has 152 valence electrons. The predicted molar refractivity (Wildman–Crippen MR) is 119 cm³/mol. The third-order valence-corrected chi connectivity index (χ3v) is 5.30. The number of para-hydroxylation sites is 1. The molecule has 0 spiro atoms. The summed E-state index contributed by atoms with van der Waals surface area (Å²) in [6.07, 6.45) is 7.12. The number of rotatable bonds is 6. The number of benzene rings is 1. The molecule has 30 heavy (non-hydrogen) atoms. The molecule has 0 aliphatic heterocycles. The molecular formula is C24H24N4O2. The number of aromatic amines is 1. The number of methoxy groups -OCH3 is 1. The molecule has 1 N–H and O–H groups in total. The van der Waals surface area contributed by atoms with Crippen LogP contribution in [0, 0.1) is 0 Å². The summed E-state index contributed by atoms with van der Waals surface area (Å²) in [6, 6.07) is 11.9. The van der Waals surface area contributed by atoms with Gasteiger partial charge in [0.2, 0.25) is 0 Å². The van der Waals surface area contributed by atoms with Gasteiger partial charge in [-0.1, -0.05) is 18.2 Å². The standard InChI is InChI=1S/C24H24N4O2/c1-4-28(5-2)24(29)18-10-16(12-25-13-18)17-11-20-21(15-27-23(20)26-14-17)19-8-6-7-9-22(19)30-3/h6-15H,4-5H2,1-3H3,(H,26,27). The number of H-pyrrole nitrogens is 1. The van der Waals surface area contributed by atoms with E-state index in [0.717, 1.165) is 39.0 Å². The second-order valence-electron chi connectivity index (χ2n) is 6.96. The van der Waals surface area contributed by atoms with Gasteiger partial charge < -0.3 is 14.6 Å². The fourth-order valence-electron chi connectivity index (χ4n) is 3.66. The zero-order valence-electron chi connectivity index (χ0n) is 17.3. The largest absolute Gasteiger partial charge is 0.496 e. The topological polar surface area (TPSA) is 71.1 Å². The van der Waals surface area contributed by atoms with Crippen molar-refractivity contribution in [3.63, 3.8) is 0 Å². The van der Waals surface area contributed by atoms with E-state index in [0.29, 0.717) is 18.7 Å². The smallest absolute Gasteiger partial charge is 0.255 e. The minimum Gasteiger partial charge on any atom is -0.496 e. The van der Waals surface area contributed by atoms with Crippen molar-refractivity contribution in [2.75, 3.05) is 20.2 Å². The molecule has 0 unspecified atom stereocenters. The fraction of sp³-hybridized carbons (Fsp3) is 0.208. The number of hydrogen-bond donors (Lipinski definition) is 1. The molecule has 4 aromatic rings. The van der Waals surface area contributed by atoms with Crippen LogP contribution in [0.5, 0.6) is 5.75 Å². The van der Waals surface area contributed by atoms with E-state index in [4.69, 9.17) is 4.74 Å². The normalized spacial score (nSPS) is 10.9. The Kier molecular flexibility index (Phi) is 5.48. The van der Waals surface area contributed by atoms with Crippen LogP contribution in [-0.2, 0) is 0 Å². The Morgan fingerprint density at radius 3 is 2.57 bits per heavy atom. The second-order valence-corrected chi connectivity index (χ2v) is 6.96. The van der Waals surface area contributed by atoms with E-state index in [1.165, 1.54) is 0 Å². The van der Waals surface area contributed by atoms with E-state index in [1.807, 2.05) is 50.4 Å². The second kappa shape index (κ2) is 8.37. The van der Waals surface area contributed by atoms with E-state index in [9.17, 15) is 4.79 Å². The highest BCUT2D eigenvalue weighted by molar-refractivity contribution is 5.98. The van der Waals surface area contributed by atoms with Crippen LogP contribution in [0.25, 0.3) is 33.3 Å².